The van der Waals surface area contributed by atoms with E-state index in [1.54, 1.807) is 43.8 Å². The fraction of sp³-hybridized carbons (Fsp3) is 0.500. The maximum atomic E-state index is 13.1. The van der Waals surface area contributed by atoms with Crippen LogP contribution in [0.25, 0.3) is 0 Å². The van der Waals surface area contributed by atoms with Gasteiger partial charge in [0.05, 0.1) is 16.3 Å². The molecule has 1 aliphatic rings. The van der Waals surface area contributed by atoms with E-state index in [0.29, 0.717) is 11.4 Å². The van der Waals surface area contributed by atoms with Crippen LogP contribution in [0, 0.1) is 27.7 Å². The van der Waals surface area contributed by atoms with Crippen LogP contribution in [0.3, 0.4) is 0 Å². The van der Waals surface area contributed by atoms with Crippen molar-refractivity contribution in [3.8, 4) is 0 Å². The van der Waals surface area contributed by atoms with E-state index >= 15 is 0 Å². The summed E-state index contributed by atoms with van der Waals surface area (Å²) in [4.78, 5) is 0.450. The van der Waals surface area contributed by atoms with Gasteiger partial charge in [-0.25, -0.2) is 16.8 Å². The normalized spacial score (nSPS) is 17.2. The van der Waals surface area contributed by atoms with Crippen molar-refractivity contribution in [2.45, 2.75) is 37.5 Å². The molecule has 1 aromatic carbocycles. The second kappa shape index (κ2) is 7.25. The van der Waals surface area contributed by atoms with Crippen LogP contribution in [0.2, 0.25) is 0 Å². The van der Waals surface area contributed by atoms with Gasteiger partial charge in [-0.05, 0) is 51.0 Å². The van der Waals surface area contributed by atoms with E-state index in [-0.39, 0.29) is 36.0 Å². The Kier molecular flexibility index (Phi) is 5.43. The van der Waals surface area contributed by atoms with Gasteiger partial charge in [0, 0.05) is 33.2 Å². The topological polar surface area (TPSA) is 92.6 Å². The summed E-state index contributed by atoms with van der Waals surface area (Å²) in [5.41, 5.74) is 2.95. The molecule has 154 valence electrons. The van der Waals surface area contributed by atoms with Gasteiger partial charge in [-0.15, -0.1) is 0 Å². The fourth-order valence-corrected chi connectivity index (χ4v) is 6.76. The zero-order valence-electron chi connectivity index (χ0n) is 16.8. The van der Waals surface area contributed by atoms with E-state index in [2.05, 4.69) is 5.10 Å². The van der Waals surface area contributed by atoms with Gasteiger partial charge in [-0.3, -0.25) is 4.68 Å². The monoisotopic (exact) mass is 426 g/mol. The minimum absolute atomic E-state index is 0.111. The first kappa shape index (κ1) is 21.0. The number of benzene rings is 1. The molecular formula is C18H26N4O4S2. The summed E-state index contributed by atoms with van der Waals surface area (Å²) in [5.74, 6) is 0. The number of sulfonamides is 2. The molecule has 1 aromatic heterocycles. The van der Waals surface area contributed by atoms with Gasteiger partial charge in [0.15, 0.2) is 0 Å². The number of aryl methyl sites for hydroxylation is 4. The highest BCUT2D eigenvalue weighted by Crippen LogP contribution is 2.26. The molecular weight excluding hydrogens is 400 g/mol. The van der Waals surface area contributed by atoms with Crippen LogP contribution in [0.1, 0.15) is 22.5 Å². The molecule has 0 amide bonds. The van der Waals surface area contributed by atoms with Gasteiger partial charge in [0.1, 0.15) is 4.90 Å². The smallest absolute Gasteiger partial charge is 0.246 e. The van der Waals surface area contributed by atoms with Crippen molar-refractivity contribution >= 4 is 20.0 Å². The number of hydrogen-bond acceptors (Lipinski definition) is 5. The fourth-order valence-electron chi connectivity index (χ4n) is 3.43. The minimum Gasteiger partial charge on any atom is -0.271 e. The first-order valence-electron chi connectivity index (χ1n) is 9.04. The van der Waals surface area contributed by atoms with Crippen LogP contribution >= 0.6 is 0 Å². The molecule has 1 aliphatic heterocycles. The molecule has 28 heavy (non-hydrogen) atoms. The molecule has 2 aromatic rings. The molecule has 1 fully saturated rings. The van der Waals surface area contributed by atoms with E-state index in [9.17, 15) is 16.8 Å². The minimum atomic E-state index is -3.72. The van der Waals surface area contributed by atoms with Gasteiger partial charge >= 0.3 is 0 Å². The highest BCUT2D eigenvalue weighted by atomic mass is 32.2. The van der Waals surface area contributed by atoms with Gasteiger partial charge in [-0.2, -0.15) is 13.7 Å². The summed E-state index contributed by atoms with van der Waals surface area (Å²) in [7, 11) is -5.67. The lowest BCUT2D eigenvalue weighted by molar-refractivity contribution is 0.272. The number of hydrogen-bond donors (Lipinski definition) is 0. The van der Waals surface area contributed by atoms with Crippen molar-refractivity contribution in [2.75, 3.05) is 26.2 Å². The summed E-state index contributed by atoms with van der Waals surface area (Å²) in [6, 6.07) is 5.05. The van der Waals surface area contributed by atoms with E-state index in [4.69, 9.17) is 0 Å². The standard InChI is InChI=1S/C18H26N4O4S2/c1-13-6-7-17(12-14(13)2)27(23,24)21-8-10-22(11-9-21)28(25,26)18-15(3)19-20(5)16(18)4/h6-7,12H,8-11H2,1-5H3. The van der Waals surface area contributed by atoms with Crippen LogP contribution in [0.15, 0.2) is 28.0 Å². The highest BCUT2D eigenvalue weighted by Gasteiger charge is 2.36. The molecule has 8 nitrogen and oxygen atoms in total. The van der Waals surface area contributed by atoms with Crippen LogP contribution in [0.4, 0.5) is 0 Å². The number of rotatable bonds is 4. The molecule has 0 spiro atoms. The summed E-state index contributed by atoms with van der Waals surface area (Å²) in [6.07, 6.45) is 0. The average molecular weight is 427 g/mol. The lowest BCUT2D eigenvalue weighted by Crippen LogP contribution is -2.50. The van der Waals surface area contributed by atoms with E-state index in [0.717, 1.165) is 11.1 Å². The zero-order chi connectivity index (χ0) is 20.9. The summed E-state index contributed by atoms with van der Waals surface area (Å²) >= 11 is 0. The number of aromatic nitrogens is 2. The molecule has 0 bridgehead atoms. The quantitative estimate of drug-likeness (QED) is 0.736. The molecule has 1 saturated heterocycles. The van der Waals surface area contributed by atoms with Crippen molar-refractivity contribution in [1.82, 2.24) is 18.4 Å². The summed E-state index contributed by atoms with van der Waals surface area (Å²) < 4.78 is 56.2. The average Bonchev–Trinajstić information content (AvgIpc) is 2.89. The lowest BCUT2D eigenvalue weighted by atomic mass is 10.1. The van der Waals surface area contributed by atoms with Gasteiger partial charge in [-0.1, -0.05) is 6.07 Å². The third-order valence-corrected chi connectivity index (χ3v) is 9.40. The summed E-state index contributed by atoms with van der Waals surface area (Å²) in [5, 5.41) is 4.19. The molecule has 0 aliphatic carbocycles. The van der Waals surface area contributed by atoms with Crippen molar-refractivity contribution in [2.24, 2.45) is 7.05 Å². The van der Waals surface area contributed by atoms with E-state index < -0.39 is 20.0 Å². The van der Waals surface area contributed by atoms with Gasteiger partial charge in [0.25, 0.3) is 0 Å². The largest absolute Gasteiger partial charge is 0.271 e. The Hall–Kier alpha value is -1.75. The number of piperazine rings is 1. The van der Waals surface area contributed by atoms with Crippen molar-refractivity contribution < 1.29 is 16.8 Å². The lowest BCUT2D eigenvalue weighted by Gasteiger charge is -2.33. The molecule has 2 heterocycles. The third-order valence-electron chi connectivity index (χ3n) is 5.35. The van der Waals surface area contributed by atoms with Gasteiger partial charge in [0.2, 0.25) is 20.0 Å². The van der Waals surface area contributed by atoms with Crippen LogP contribution < -0.4 is 0 Å². The van der Waals surface area contributed by atoms with E-state index in [1.165, 1.54) is 8.61 Å². The molecule has 0 saturated carbocycles. The van der Waals surface area contributed by atoms with E-state index in [1.807, 2.05) is 13.8 Å². The Morgan fingerprint density at radius 2 is 1.36 bits per heavy atom. The molecule has 3 rings (SSSR count). The molecule has 0 unspecified atom stereocenters. The maximum absolute atomic E-state index is 13.1. The Morgan fingerprint density at radius 3 is 1.82 bits per heavy atom. The second-order valence-corrected chi connectivity index (χ2v) is 11.0. The molecule has 0 radical (unpaired) electrons. The molecule has 0 N–H and O–H groups in total. The molecule has 10 heteroatoms. The maximum Gasteiger partial charge on any atom is 0.246 e. The third kappa shape index (κ3) is 3.49. The van der Waals surface area contributed by atoms with Crippen LogP contribution in [-0.4, -0.2) is 61.4 Å². The Bertz CT molecular complexity index is 1110. The van der Waals surface area contributed by atoms with Crippen LogP contribution in [0.5, 0.6) is 0 Å². The first-order chi connectivity index (χ1) is 13.0. The Morgan fingerprint density at radius 1 is 0.821 bits per heavy atom. The Balaban J connectivity index is 1.81. The van der Waals surface area contributed by atoms with Crippen molar-refractivity contribution in [1.29, 1.82) is 0 Å². The van der Waals surface area contributed by atoms with Gasteiger partial charge < -0.3 is 0 Å². The van der Waals surface area contributed by atoms with Crippen LogP contribution in [-0.2, 0) is 27.1 Å². The Labute approximate surface area is 166 Å². The zero-order valence-corrected chi connectivity index (χ0v) is 18.4. The van der Waals surface area contributed by atoms with Crippen molar-refractivity contribution in [3.63, 3.8) is 0 Å². The predicted molar refractivity (Wildman–Crippen MR) is 106 cm³/mol. The van der Waals surface area contributed by atoms with Crippen molar-refractivity contribution in [3.05, 3.63) is 40.7 Å². The molecule has 0 atom stereocenters. The second-order valence-electron chi connectivity index (χ2n) is 7.18. The SMILES string of the molecule is Cc1ccc(S(=O)(=O)N2CCN(S(=O)(=O)c3c(C)nn(C)c3C)CC2)cc1C. The highest BCUT2D eigenvalue weighted by molar-refractivity contribution is 7.89. The summed E-state index contributed by atoms with van der Waals surface area (Å²) in [6.45, 7) is 7.64. The first-order valence-corrected chi connectivity index (χ1v) is 11.9. The number of nitrogens with zero attached hydrogens (tertiary/aromatic N) is 4. The predicted octanol–water partition coefficient (Wildman–Crippen LogP) is 1.35.